The lowest BCUT2D eigenvalue weighted by atomic mass is 9.99. The van der Waals surface area contributed by atoms with Crippen molar-refractivity contribution in [2.75, 3.05) is 19.0 Å². The normalized spacial score (nSPS) is 13.6. The quantitative estimate of drug-likeness (QED) is 0.857. The van der Waals surface area contributed by atoms with Crippen LogP contribution in [0.25, 0.3) is 0 Å². The second kappa shape index (κ2) is 5.67. The summed E-state index contributed by atoms with van der Waals surface area (Å²) >= 11 is 0. The third-order valence-corrected chi connectivity index (χ3v) is 2.95. The van der Waals surface area contributed by atoms with E-state index in [0.717, 1.165) is 11.4 Å². The minimum Gasteiger partial charge on any atom is -0.497 e. The van der Waals surface area contributed by atoms with E-state index in [0.29, 0.717) is 5.69 Å². The predicted octanol–water partition coefficient (Wildman–Crippen LogP) is 1.80. The molecule has 2 N–H and O–H groups in total. The Labute approximate surface area is 112 Å². The van der Waals surface area contributed by atoms with Gasteiger partial charge in [0.05, 0.1) is 25.6 Å². The molecule has 19 heavy (non-hydrogen) atoms. The van der Waals surface area contributed by atoms with Gasteiger partial charge in [0.1, 0.15) is 11.3 Å². The summed E-state index contributed by atoms with van der Waals surface area (Å²) in [7, 11) is 1.62. The standard InChI is InChI=1S/C14H17N3O2/c1-14(10-18,13-9-15-7-8-16-13)17-11-3-5-12(19-2)6-4-11/h3-9,17-18H,10H2,1-2H3. The SMILES string of the molecule is COc1ccc(NC(C)(CO)c2cnccn2)cc1. The molecule has 0 fully saturated rings. The van der Waals surface area contributed by atoms with Crippen LogP contribution in [0, 0.1) is 0 Å². The summed E-state index contributed by atoms with van der Waals surface area (Å²) in [6.07, 6.45) is 4.86. The molecule has 2 aromatic rings. The third-order valence-electron chi connectivity index (χ3n) is 2.95. The van der Waals surface area contributed by atoms with Crippen molar-refractivity contribution in [2.24, 2.45) is 0 Å². The van der Waals surface area contributed by atoms with Gasteiger partial charge >= 0.3 is 0 Å². The first kappa shape index (κ1) is 13.3. The molecule has 0 spiro atoms. The van der Waals surface area contributed by atoms with Crippen LogP contribution in [0.3, 0.4) is 0 Å². The highest BCUT2D eigenvalue weighted by atomic mass is 16.5. The van der Waals surface area contributed by atoms with E-state index in [9.17, 15) is 5.11 Å². The van der Waals surface area contributed by atoms with Crippen molar-refractivity contribution in [3.63, 3.8) is 0 Å². The van der Waals surface area contributed by atoms with Gasteiger partial charge in [0.2, 0.25) is 0 Å². The van der Waals surface area contributed by atoms with Crippen molar-refractivity contribution in [3.05, 3.63) is 48.5 Å². The minimum absolute atomic E-state index is 0.0856. The zero-order valence-electron chi connectivity index (χ0n) is 11.0. The minimum atomic E-state index is -0.678. The number of nitrogens with zero attached hydrogens (tertiary/aromatic N) is 2. The summed E-state index contributed by atoms with van der Waals surface area (Å²) in [5, 5.41) is 12.9. The van der Waals surface area contributed by atoms with Crippen LogP contribution in [-0.2, 0) is 5.54 Å². The van der Waals surface area contributed by atoms with Gasteiger partial charge in [-0.1, -0.05) is 0 Å². The Hall–Kier alpha value is -2.14. The maximum atomic E-state index is 9.65. The van der Waals surface area contributed by atoms with Gasteiger partial charge in [0, 0.05) is 18.1 Å². The molecule has 1 aromatic carbocycles. The first-order chi connectivity index (χ1) is 9.18. The Morgan fingerprint density at radius 3 is 2.53 bits per heavy atom. The maximum absolute atomic E-state index is 9.65. The van der Waals surface area contributed by atoms with Crippen molar-refractivity contribution >= 4 is 5.69 Å². The van der Waals surface area contributed by atoms with Crippen LogP contribution in [0.5, 0.6) is 5.75 Å². The lowest BCUT2D eigenvalue weighted by molar-refractivity contribution is 0.220. The first-order valence-electron chi connectivity index (χ1n) is 5.97. The molecule has 0 aliphatic carbocycles. The molecular weight excluding hydrogens is 242 g/mol. The average Bonchev–Trinajstić information content (AvgIpc) is 2.49. The molecule has 0 radical (unpaired) electrons. The van der Waals surface area contributed by atoms with E-state index >= 15 is 0 Å². The summed E-state index contributed by atoms with van der Waals surface area (Å²) in [5.41, 5.74) is 0.888. The van der Waals surface area contributed by atoms with Gasteiger partial charge in [-0.25, -0.2) is 0 Å². The summed E-state index contributed by atoms with van der Waals surface area (Å²) < 4.78 is 5.11. The Balaban J connectivity index is 2.22. The largest absolute Gasteiger partial charge is 0.497 e. The molecule has 0 saturated heterocycles. The van der Waals surface area contributed by atoms with Gasteiger partial charge in [-0.3, -0.25) is 9.97 Å². The third kappa shape index (κ3) is 3.00. The molecule has 0 aliphatic heterocycles. The molecule has 0 saturated carbocycles. The number of hydrogen-bond acceptors (Lipinski definition) is 5. The van der Waals surface area contributed by atoms with Gasteiger partial charge in [-0.2, -0.15) is 0 Å². The fraction of sp³-hybridized carbons (Fsp3) is 0.286. The Kier molecular flexibility index (Phi) is 3.97. The Morgan fingerprint density at radius 2 is 2.00 bits per heavy atom. The molecule has 0 bridgehead atoms. The van der Waals surface area contributed by atoms with E-state index in [1.54, 1.807) is 25.7 Å². The van der Waals surface area contributed by atoms with Crippen LogP contribution in [0.4, 0.5) is 5.69 Å². The van der Waals surface area contributed by atoms with Crippen molar-refractivity contribution in [1.29, 1.82) is 0 Å². The fourth-order valence-corrected chi connectivity index (χ4v) is 1.76. The van der Waals surface area contributed by atoms with Crippen molar-refractivity contribution in [1.82, 2.24) is 9.97 Å². The summed E-state index contributed by atoms with van der Waals surface area (Å²) in [4.78, 5) is 8.28. The Morgan fingerprint density at radius 1 is 1.26 bits per heavy atom. The average molecular weight is 259 g/mol. The van der Waals surface area contributed by atoms with Gasteiger partial charge in [0.15, 0.2) is 0 Å². The lowest BCUT2D eigenvalue weighted by Crippen LogP contribution is -2.36. The van der Waals surface area contributed by atoms with E-state index in [2.05, 4.69) is 15.3 Å². The molecular formula is C14H17N3O2. The number of aliphatic hydroxyl groups is 1. The smallest absolute Gasteiger partial charge is 0.119 e. The number of aliphatic hydroxyl groups excluding tert-OH is 1. The van der Waals surface area contributed by atoms with E-state index in [4.69, 9.17) is 4.74 Å². The maximum Gasteiger partial charge on any atom is 0.119 e. The molecule has 0 amide bonds. The number of benzene rings is 1. The molecule has 5 heteroatoms. The summed E-state index contributed by atoms with van der Waals surface area (Å²) in [6, 6.07) is 7.50. The van der Waals surface area contributed by atoms with Crippen LogP contribution >= 0.6 is 0 Å². The lowest BCUT2D eigenvalue weighted by Gasteiger charge is -2.29. The number of ether oxygens (including phenoxy) is 1. The predicted molar refractivity (Wildman–Crippen MR) is 73.1 cm³/mol. The van der Waals surface area contributed by atoms with Crippen LogP contribution in [0.2, 0.25) is 0 Å². The molecule has 0 aliphatic rings. The monoisotopic (exact) mass is 259 g/mol. The van der Waals surface area contributed by atoms with E-state index in [1.807, 2.05) is 31.2 Å². The van der Waals surface area contributed by atoms with E-state index in [-0.39, 0.29) is 6.61 Å². The molecule has 5 nitrogen and oxygen atoms in total. The van der Waals surface area contributed by atoms with Crippen molar-refractivity contribution in [2.45, 2.75) is 12.5 Å². The number of nitrogens with one attached hydrogen (secondary N) is 1. The van der Waals surface area contributed by atoms with Gasteiger partial charge in [-0.05, 0) is 31.2 Å². The summed E-state index contributed by atoms with van der Waals surface area (Å²) in [5.74, 6) is 0.788. The molecule has 100 valence electrons. The van der Waals surface area contributed by atoms with E-state index in [1.165, 1.54) is 0 Å². The Bertz CT molecular complexity index is 516. The second-order valence-electron chi connectivity index (χ2n) is 4.43. The van der Waals surface area contributed by atoms with Crippen LogP contribution in [0.1, 0.15) is 12.6 Å². The highest BCUT2D eigenvalue weighted by Crippen LogP contribution is 2.25. The highest BCUT2D eigenvalue weighted by molar-refractivity contribution is 5.49. The van der Waals surface area contributed by atoms with E-state index < -0.39 is 5.54 Å². The molecule has 1 atom stereocenters. The van der Waals surface area contributed by atoms with Crippen molar-refractivity contribution in [3.8, 4) is 5.75 Å². The number of methoxy groups -OCH3 is 1. The van der Waals surface area contributed by atoms with Crippen LogP contribution in [-0.4, -0.2) is 28.8 Å². The zero-order chi connectivity index (χ0) is 13.7. The number of anilines is 1. The van der Waals surface area contributed by atoms with Crippen LogP contribution < -0.4 is 10.1 Å². The number of rotatable bonds is 5. The highest BCUT2D eigenvalue weighted by Gasteiger charge is 2.27. The topological polar surface area (TPSA) is 67.3 Å². The van der Waals surface area contributed by atoms with Crippen molar-refractivity contribution < 1.29 is 9.84 Å². The number of hydrogen-bond donors (Lipinski definition) is 2. The molecule has 1 unspecified atom stereocenters. The number of aromatic nitrogens is 2. The van der Waals surface area contributed by atoms with Gasteiger partial charge < -0.3 is 15.2 Å². The molecule has 1 aromatic heterocycles. The fourth-order valence-electron chi connectivity index (χ4n) is 1.76. The summed E-state index contributed by atoms with van der Waals surface area (Å²) in [6.45, 7) is 1.79. The molecule has 1 heterocycles. The first-order valence-corrected chi connectivity index (χ1v) is 5.97. The zero-order valence-corrected chi connectivity index (χ0v) is 11.0. The van der Waals surface area contributed by atoms with Gasteiger partial charge in [-0.15, -0.1) is 0 Å². The van der Waals surface area contributed by atoms with Crippen LogP contribution in [0.15, 0.2) is 42.9 Å². The molecule has 2 rings (SSSR count). The second-order valence-corrected chi connectivity index (χ2v) is 4.43. The van der Waals surface area contributed by atoms with Gasteiger partial charge in [0.25, 0.3) is 0 Å².